The molecule has 7 heavy (non-hydrogen) atoms. The summed E-state index contributed by atoms with van der Waals surface area (Å²) in [5.74, 6) is 0.220. The first kappa shape index (κ1) is 6.28. The summed E-state index contributed by atoms with van der Waals surface area (Å²) < 4.78 is 0. The van der Waals surface area contributed by atoms with E-state index in [2.05, 4.69) is 6.58 Å². The van der Waals surface area contributed by atoms with Crippen molar-refractivity contribution in [2.75, 3.05) is 0 Å². The summed E-state index contributed by atoms with van der Waals surface area (Å²) in [6, 6.07) is 0. The molecule has 0 aliphatic carbocycles. The molecule has 0 heterocycles. The van der Waals surface area contributed by atoms with Gasteiger partial charge in [0.25, 0.3) is 0 Å². The monoisotopic (exact) mass is 98.1 g/mol. The Morgan fingerprint density at radius 3 is 2.57 bits per heavy atom. The molecule has 0 radical (unpaired) electrons. The minimum absolute atomic E-state index is 0.220. The van der Waals surface area contributed by atoms with Gasteiger partial charge in [-0.3, -0.25) is 0 Å². The molecule has 0 aliphatic rings. The van der Waals surface area contributed by atoms with Crippen LogP contribution in [0.3, 0.4) is 0 Å². The Labute approximate surface area is 44.0 Å². The number of hydrogen-bond acceptors (Lipinski definition) is 1. The zero-order valence-corrected chi connectivity index (χ0v) is 4.52. The number of allylic oxidation sites excluding steroid dienone is 2. The summed E-state index contributed by atoms with van der Waals surface area (Å²) in [5.41, 5.74) is 0. The van der Waals surface area contributed by atoms with E-state index in [-0.39, 0.29) is 5.76 Å². The van der Waals surface area contributed by atoms with Crippen LogP contribution >= 0.6 is 0 Å². The van der Waals surface area contributed by atoms with Gasteiger partial charge in [-0.1, -0.05) is 18.7 Å². The van der Waals surface area contributed by atoms with Gasteiger partial charge in [0.05, 0.1) is 5.76 Å². The third-order valence-corrected chi connectivity index (χ3v) is 0.589. The van der Waals surface area contributed by atoms with Crippen molar-refractivity contribution in [1.29, 1.82) is 0 Å². The predicted octanol–water partition coefficient (Wildman–Crippen LogP) is 2.02. The zero-order valence-electron chi connectivity index (χ0n) is 4.52. The number of aliphatic hydroxyl groups is 1. The Bertz CT molecular complexity index is 82.2. The average molecular weight is 98.1 g/mol. The van der Waals surface area contributed by atoms with Crippen molar-refractivity contribution < 1.29 is 5.11 Å². The third kappa shape index (κ3) is 5.28. The summed E-state index contributed by atoms with van der Waals surface area (Å²) >= 11 is 0. The first-order chi connectivity index (χ1) is 3.27. The summed E-state index contributed by atoms with van der Waals surface area (Å²) in [6.07, 6.45) is 4.31. The van der Waals surface area contributed by atoms with Crippen LogP contribution in [-0.4, -0.2) is 5.11 Å². The quantitative estimate of drug-likeness (QED) is 0.414. The second-order valence-electron chi connectivity index (χ2n) is 1.34. The second-order valence-corrected chi connectivity index (χ2v) is 1.34. The smallest absolute Gasteiger partial charge is 0.0888 e. The molecule has 0 spiro atoms. The molecule has 0 aromatic heterocycles. The summed E-state index contributed by atoms with van der Waals surface area (Å²) in [4.78, 5) is 0. The Hall–Kier alpha value is -0.720. The van der Waals surface area contributed by atoms with Gasteiger partial charge >= 0.3 is 0 Å². The minimum Gasteiger partial charge on any atom is -0.513 e. The maximum atomic E-state index is 8.44. The largest absolute Gasteiger partial charge is 0.513 e. The predicted molar refractivity (Wildman–Crippen MR) is 31.2 cm³/mol. The van der Waals surface area contributed by atoms with Crippen molar-refractivity contribution in [3.63, 3.8) is 0 Å². The molecule has 1 N–H and O–H groups in total. The van der Waals surface area contributed by atoms with Crippen LogP contribution in [0.25, 0.3) is 0 Å². The number of rotatable bonds is 2. The van der Waals surface area contributed by atoms with E-state index in [0.717, 1.165) is 0 Å². The SMILES string of the molecule is C=C(O)C/C=C\C. The highest BCUT2D eigenvalue weighted by atomic mass is 16.3. The summed E-state index contributed by atoms with van der Waals surface area (Å²) in [5, 5.41) is 8.44. The van der Waals surface area contributed by atoms with E-state index in [1.54, 1.807) is 0 Å². The van der Waals surface area contributed by atoms with Gasteiger partial charge in [-0.25, -0.2) is 0 Å². The van der Waals surface area contributed by atoms with Gasteiger partial charge < -0.3 is 5.11 Å². The van der Waals surface area contributed by atoms with Crippen molar-refractivity contribution in [2.45, 2.75) is 13.3 Å². The third-order valence-electron chi connectivity index (χ3n) is 0.589. The van der Waals surface area contributed by atoms with Crippen LogP contribution in [0, 0.1) is 0 Å². The first-order valence-corrected chi connectivity index (χ1v) is 2.25. The van der Waals surface area contributed by atoms with Gasteiger partial charge in [0.1, 0.15) is 0 Å². The maximum absolute atomic E-state index is 8.44. The standard InChI is InChI=1S/C6H10O/c1-3-4-5-6(2)7/h3-4,7H,2,5H2,1H3/b4-3-. The van der Waals surface area contributed by atoms with Crippen molar-refractivity contribution in [2.24, 2.45) is 0 Å². The number of aliphatic hydroxyl groups excluding tert-OH is 1. The fourth-order valence-electron chi connectivity index (χ4n) is 0.254. The molecule has 0 saturated carbocycles. The lowest BCUT2D eigenvalue weighted by molar-refractivity contribution is 0.404. The van der Waals surface area contributed by atoms with Crippen molar-refractivity contribution in [3.05, 3.63) is 24.5 Å². The molecule has 0 aromatic carbocycles. The van der Waals surface area contributed by atoms with Gasteiger partial charge in [-0.05, 0) is 6.92 Å². The van der Waals surface area contributed by atoms with E-state index < -0.39 is 0 Å². The van der Waals surface area contributed by atoms with E-state index in [1.165, 1.54) is 0 Å². The lowest BCUT2D eigenvalue weighted by atomic mass is 10.3. The molecule has 0 atom stereocenters. The highest BCUT2D eigenvalue weighted by Crippen LogP contribution is 1.90. The molecule has 0 aromatic rings. The van der Waals surface area contributed by atoms with Gasteiger partial charge in [0, 0.05) is 6.42 Å². The van der Waals surface area contributed by atoms with Gasteiger partial charge in [-0.15, -0.1) is 0 Å². The van der Waals surface area contributed by atoms with Crippen LogP contribution in [0.2, 0.25) is 0 Å². The fourth-order valence-corrected chi connectivity index (χ4v) is 0.254. The fraction of sp³-hybridized carbons (Fsp3) is 0.333. The molecule has 0 bridgehead atoms. The molecular formula is C6H10O. The molecule has 0 rings (SSSR count). The maximum Gasteiger partial charge on any atom is 0.0888 e. The molecule has 0 unspecified atom stereocenters. The molecule has 1 nitrogen and oxygen atoms in total. The molecule has 0 saturated heterocycles. The van der Waals surface area contributed by atoms with E-state index in [0.29, 0.717) is 6.42 Å². The van der Waals surface area contributed by atoms with Gasteiger partial charge in [0.15, 0.2) is 0 Å². The highest BCUT2D eigenvalue weighted by molar-refractivity contribution is 4.91. The molecule has 1 heteroatoms. The Morgan fingerprint density at radius 2 is 2.43 bits per heavy atom. The van der Waals surface area contributed by atoms with Crippen molar-refractivity contribution >= 4 is 0 Å². The van der Waals surface area contributed by atoms with Crippen molar-refractivity contribution in [1.82, 2.24) is 0 Å². The molecule has 40 valence electrons. The van der Waals surface area contributed by atoms with Crippen LogP contribution in [0.1, 0.15) is 13.3 Å². The Balaban J connectivity index is 3.14. The van der Waals surface area contributed by atoms with Gasteiger partial charge in [-0.2, -0.15) is 0 Å². The zero-order chi connectivity index (χ0) is 5.70. The van der Waals surface area contributed by atoms with Crippen LogP contribution in [0.5, 0.6) is 0 Å². The summed E-state index contributed by atoms with van der Waals surface area (Å²) in [7, 11) is 0. The van der Waals surface area contributed by atoms with Crippen LogP contribution in [0.4, 0.5) is 0 Å². The Morgan fingerprint density at radius 1 is 1.86 bits per heavy atom. The first-order valence-electron chi connectivity index (χ1n) is 2.25. The molecule has 0 amide bonds. The lowest BCUT2D eigenvalue weighted by Gasteiger charge is -1.84. The lowest BCUT2D eigenvalue weighted by Crippen LogP contribution is -1.69. The molecular weight excluding hydrogens is 88.1 g/mol. The number of hydrogen-bond donors (Lipinski definition) is 1. The molecule has 0 aliphatic heterocycles. The van der Waals surface area contributed by atoms with E-state index in [4.69, 9.17) is 5.11 Å². The topological polar surface area (TPSA) is 20.2 Å². The summed E-state index contributed by atoms with van der Waals surface area (Å²) in [6.45, 7) is 5.20. The van der Waals surface area contributed by atoms with Crippen molar-refractivity contribution in [3.8, 4) is 0 Å². The van der Waals surface area contributed by atoms with E-state index >= 15 is 0 Å². The second kappa shape index (κ2) is 3.47. The normalized spacial score (nSPS) is 9.86. The van der Waals surface area contributed by atoms with E-state index in [1.807, 2.05) is 19.1 Å². The highest BCUT2D eigenvalue weighted by Gasteiger charge is 1.76. The van der Waals surface area contributed by atoms with Crippen LogP contribution in [-0.2, 0) is 0 Å². The van der Waals surface area contributed by atoms with Gasteiger partial charge in [0.2, 0.25) is 0 Å². The molecule has 0 fully saturated rings. The average Bonchev–Trinajstić information content (AvgIpc) is 1.61. The van der Waals surface area contributed by atoms with E-state index in [9.17, 15) is 0 Å². The van der Waals surface area contributed by atoms with Crippen LogP contribution in [0.15, 0.2) is 24.5 Å². The van der Waals surface area contributed by atoms with Crippen LogP contribution < -0.4 is 0 Å². The minimum atomic E-state index is 0.220. The Kier molecular flexibility index (Phi) is 3.11.